The molecule has 0 radical (unpaired) electrons. The fourth-order valence-electron chi connectivity index (χ4n) is 4.52. The predicted molar refractivity (Wildman–Crippen MR) is 97.6 cm³/mol. The third-order valence-corrected chi connectivity index (χ3v) is 5.61. The van der Waals surface area contributed by atoms with Gasteiger partial charge in [0.1, 0.15) is 0 Å². The number of piperidine rings is 1. The second-order valence-electron chi connectivity index (χ2n) is 7.82. The fourth-order valence-corrected chi connectivity index (χ4v) is 4.52. The average Bonchev–Trinajstić information content (AvgIpc) is 2.57. The molecule has 1 aromatic carbocycles. The van der Waals surface area contributed by atoms with Gasteiger partial charge < -0.3 is 5.32 Å². The molecule has 3 rings (SSSR count). The van der Waals surface area contributed by atoms with E-state index in [0.29, 0.717) is 5.54 Å². The molecule has 3 nitrogen and oxygen atoms in total. The summed E-state index contributed by atoms with van der Waals surface area (Å²) in [5.41, 5.74) is 1.90. The number of benzene rings is 1. The maximum absolute atomic E-state index is 3.56. The highest BCUT2D eigenvalue weighted by Gasteiger charge is 2.39. The van der Waals surface area contributed by atoms with Gasteiger partial charge in [0.05, 0.1) is 0 Å². The highest BCUT2D eigenvalue weighted by Crippen LogP contribution is 2.33. The molecule has 2 fully saturated rings. The fraction of sp³-hybridized carbons (Fsp3) is 0.700. The Morgan fingerprint density at radius 3 is 2.26 bits per heavy atom. The van der Waals surface area contributed by atoms with Gasteiger partial charge in [0.2, 0.25) is 0 Å². The molecular formula is C20H33N3. The summed E-state index contributed by atoms with van der Waals surface area (Å²) in [6, 6.07) is 10.9. The lowest BCUT2D eigenvalue weighted by molar-refractivity contribution is -0.00291. The normalized spacial score (nSPS) is 23.3. The van der Waals surface area contributed by atoms with Crippen LogP contribution >= 0.6 is 0 Å². The number of rotatable bonds is 5. The number of hydrogen-bond donors (Lipinski definition) is 1. The van der Waals surface area contributed by atoms with Crippen LogP contribution in [0.4, 0.5) is 0 Å². The molecule has 0 bridgehead atoms. The summed E-state index contributed by atoms with van der Waals surface area (Å²) in [5, 5.41) is 3.56. The van der Waals surface area contributed by atoms with E-state index in [1.807, 2.05) is 0 Å². The molecule has 128 valence electrons. The molecule has 23 heavy (non-hydrogen) atoms. The zero-order chi connectivity index (χ0) is 16.1. The first kappa shape index (κ1) is 16.9. The summed E-state index contributed by atoms with van der Waals surface area (Å²) in [7, 11) is 0. The molecule has 0 atom stereocenters. The molecule has 2 aliphatic heterocycles. The molecule has 2 saturated heterocycles. The highest BCUT2D eigenvalue weighted by atomic mass is 15.3. The lowest BCUT2D eigenvalue weighted by atomic mass is 9.79. The van der Waals surface area contributed by atoms with Crippen molar-refractivity contribution in [3.05, 3.63) is 35.9 Å². The summed E-state index contributed by atoms with van der Waals surface area (Å²) in [4.78, 5) is 5.45. The molecule has 0 aliphatic carbocycles. The van der Waals surface area contributed by atoms with Crippen molar-refractivity contribution in [3.63, 3.8) is 0 Å². The van der Waals surface area contributed by atoms with Gasteiger partial charge in [0.15, 0.2) is 0 Å². The van der Waals surface area contributed by atoms with E-state index in [4.69, 9.17) is 0 Å². The quantitative estimate of drug-likeness (QED) is 0.901. The van der Waals surface area contributed by atoms with Crippen LogP contribution in [0.5, 0.6) is 0 Å². The summed E-state index contributed by atoms with van der Waals surface area (Å²) in [5.74, 6) is 0.787. The van der Waals surface area contributed by atoms with E-state index < -0.39 is 0 Å². The Morgan fingerprint density at radius 1 is 1.00 bits per heavy atom. The Balaban J connectivity index is 1.58. The lowest BCUT2D eigenvalue weighted by Gasteiger charge is -2.51. The summed E-state index contributed by atoms with van der Waals surface area (Å²) < 4.78 is 0. The molecule has 0 amide bonds. The smallest absolute Gasteiger partial charge is 0.0237 e. The SMILES string of the molecule is CC(C)CC1(N2CCN(Cc3ccccc3)CC2)CCNCC1. The van der Waals surface area contributed by atoms with Crippen molar-refractivity contribution < 1.29 is 0 Å². The standard InChI is InChI=1S/C20H33N3/c1-18(2)16-20(8-10-21-11-9-20)23-14-12-22(13-15-23)17-19-6-4-3-5-7-19/h3-7,18,21H,8-17H2,1-2H3. The second kappa shape index (κ2) is 7.78. The van der Waals surface area contributed by atoms with Crippen LogP contribution in [0.3, 0.4) is 0 Å². The highest BCUT2D eigenvalue weighted by molar-refractivity contribution is 5.14. The van der Waals surface area contributed by atoms with Crippen molar-refractivity contribution in [2.24, 2.45) is 5.92 Å². The first-order valence-electron chi connectivity index (χ1n) is 9.40. The number of hydrogen-bond acceptors (Lipinski definition) is 3. The third-order valence-electron chi connectivity index (χ3n) is 5.61. The van der Waals surface area contributed by atoms with E-state index >= 15 is 0 Å². The van der Waals surface area contributed by atoms with Gasteiger partial charge in [0, 0.05) is 38.3 Å². The van der Waals surface area contributed by atoms with E-state index in [1.54, 1.807) is 0 Å². The lowest BCUT2D eigenvalue weighted by Crippen LogP contribution is -2.60. The summed E-state index contributed by atoms with van der Waals surface area (Å²) >= 11 is 0. The van der Waals surface area contributed by atoms with Crippen LogP contribution < -0.4 is 5.32 Å². The topological polar surface area (TPSA) is 18.5 Å². The monoisotopic (exact) mass is 315 g/mol. The Morgan fingerprint density at radius 2 is 1.65 bits per heavy atom. The molecule has 1 aromatic rings. The van der Waals surface area contributed by atoms with E-state index in [-0.39, 0.29) is 0 Å². The van der Waals surface area contributed by atoms with Crippen molar-refractivity contribution in [1.82, 2.24) is 15.1 Å². The van der Waals surface area contributed by atoms with Crippen LogP contribution in [-0.2, 0) is 6.54 Å². The number of nitrogens with zero attached hydrogens (tertiary/aromatic N) is 2. The van der Waals surface area contributed by atoms with Gasteiger partial charge in [-0.1, -0.05) is 44.2 Å². The van der Waals surface area contributed by atoms with E-state index in [9.17, 15) is 0 Å². The van der Waals surface area contributed by atoms with Gasteiger partial charge in [0.25, 0.3) is 0 Å². The van der Waals surface area contributed by atoms with Crippen molar-refractivity contribution in [3.8, 4) is 0 Å². The maximum atomic E-state index is 3.56. The van der Waals surface area contributed by atoms with Crippen LogP contribution in [0.15, 0.2) is 30.3 Å². The molecule has 3 heteroatoms. The first-order chi connectivity index (χ1) is 11.2. The number of nitrogens with one attached hydrogen (secondary N) is 1. The second-order valence-corrected chi connectivity index (χ2v) is 7.82. The van der Waals surface area contributed by atoms with E-state index in [2.05, 4.69) is 59.3 Å². The molecule has 2 heterocycles. The summed E-state index contributed by atoms with van der Waals surface area (Å²) in [6.45, 7) is 13.1. The Hall–Kier alpha value is -0.900. The van der Waals surface area contributed by atoms with Crippen molar-refractivity contribution >= 4 is 0 Å². The van der Waals surface area contributed by atoms with Crippen LogP contribution in [0.1, 0.15) is 38.7 Å². The largest absolute Gasteiger partial charge is 0.317 e. The molecule has 0 aromatic heterocycles. The van der Waals surface area contributed by atoms with Crippen molar-refractivity contribution in [2.45, 2.75) is 45.2 Å². The predicted octanol–water partition coefficient (Wildman–Crippen LogP) is 2.97. The Kier molecular flexibility index (Phi) is 5.73. The molecule has 0 spiro atoms. The molecule has 1 N–H and O–H groups in total. The van der Waals surface area contributed by atoms with Gasteiger partial charge in [-0.25, -0.2) is 0 Å². The van der Waals surface area contributed by atoms with Crippen LogP contribution in [0.25, 0.3) is 0 Å². The first-order valence-corrected chi connectivity index (χ1v) is 9.40. The molecule has 2 aliphatic rings. The number of piperazine rings is 1. The van der Waals surface area contributed by atoms with Gasteiger partial charge in [-0.2, -0.15) is 0 Å². The Labute approximate surface area is 142 Å². The van der Waals surface area contributed by atoms with Crippen molar-refractivity contribution in [2.75, 3.05) is 39.3 Å². The van der Waals surface area contributed by atoms with Gasteiger partial charge in [-0.3, -0.25) is 9.80 Å². The van der Waals surface area contributed by atoms with Crippen LogP contribution in [-0.4, -0.2) is 54.6 Å². The Bertz CT molecular complexity index is 457. The minimum atomic E-state index is 0.457. The molecule has 0 saturated carbocycles. The van der Waals surface area contributed by atoms with Gasteiger partial charge >= 0.3 is 0 Å². The summed E-state index contributed by atoms with van der Waals surface area (Å²) in [6.07, 6.45) is 4.00. The third kappa shape index (κ3) is 4.34. The molecule has 0 unspecified atom stereocenters. The van der Waals surface area contributed by atoms with Gasteiger partial charge in [-0.15, -0.1) is 0 Å². The maximum Gasteiger partial charge on any atom is 0.0237 e. The average molecular weight is 316 g/mol. The van der Waals surface area contributed by atoms with E-state index in [1.165, 1.54) is 64.1 Å². The minimum Gasteiger partial charge on any atom is -0.317 e. The van der Waals surface area contributed by atoms with Gasteiger partial charge in [-0.05, 0) is 43.8 Å². The van der Waals surface area contributed by atoms with Crippen LogP contribution in [0.2, 0.25) is 0 Å². The minimum absolute atomic E-state index is 0.457. The zero-order valence-electron chi connectivity index (χ0n) is 14.9. The molecular weight excluding hydrogens is 282 g/mol. The zero-order valence-corrected chi connectivity index (χ0v) is 14.9. The van der Waals surface area contributed by atoms with Crippen molar-refractivity contribution in [1.29, 1.82) is 0 Å². The van der Waals surface area contributed by atoms with Crippen LogP contribution in [0, 0.1) is 5.92 Å². The van der Waals surface area contributed by atoms with E-state index in [0.717, 1.165) is 12.5 Å².